The molecule has 1 aromatic heterocycles. The fourth-order valence-electron chi connectivity index (χ4n) is 4.06. The molecule has 1 aliphatic heterocycles. The molecule has 8 nitrogen and oxygen atoms in total. The maximum Gasteiger partial charge on any atom is 0.274 e. The lowest BCUT2D eigenvalue weighted by molar-refractivity contribution is 0.0667. The minimum absolute atomic E-state index is 0.176. The molecule has 3 aromatic rings. The van der Waals surface area contributed by atoms with Crippen LogP contribution in [0, 0.1) is 0 Å². The van der Waals surface area contributed by atoms with Crippen molar-refractivity contribution in [3.8, 4) is 17.2 Å². The van der Waals surface area contributed by atoms with Gasteiger partial charge in [0.15, 0.2) is 11.5 Å². The third-order valence-corrected chi connectivity index (χ3v) is 5.85. The molecule has 4 rings (SSSR count). The van der Waals surface area contributed by atoms with Gasteiger partial charge in [-0.1, -0.05) is 18.2 Å². The molecule has 0 spiro atoms. The summed E-state index contributed by atoms with van der Waals surface area (Å²) in [5, 5.41) is 4.32. The molecular weight excluding hydrogens is 422 g/mol. The molecule has 0 unspecified atom stereocenters. The number of rotatable bonds is 7. The third kappa shape index (κ3) is 4.69. The molecule has 0 saturated heterocycles. The molecule has 0 saturated carbocycles. The summed E-state index contributed by atoms with van der Waals surface area (Å²) in [5.74, 6) is 1.79. The van der Waals surface area contributed by atoms with Gasteiger partial charge in [0.25, 0.3) is 11.5 Å². The molecule has 0 aliphatic carbocycles. The predicted molar refractivity (Wildman–Crippen MR) is 123 cm³/mol. The van der Waals surface area contributed by atoms with Gasteiger partial charge in [-0.3, -0.25) is 9.59 Å². The second-order valence-electron chi connectivity index (χ2n) is 7.77. The molecule has 0 radical (unpaired) electrons. The number of nitrogens with zero attached hydrogens (tertiary/aromatic N) is 3. The molecule has 1 atom stereocenters. The largest absolute Gasteiger partial charge is 0.493 e. The lowest BCUT2D eigenvalue weighted by atomic mass is 9.92. The number of benzene rings is 2. The third-order valence-electron chi connectivity index (χ3n) is 5.85. The van der Waals surface area contributed by atoms with E-state index < -0.39 is 0 Å². The number of carbonyl (C=O) groups excluding carboxylic acids is 1. The monoisotopic (exact) mass is 449 g/mol. The van der Waals surface area contributed by atoms with E-state index in [9.17, 15) is 9.59 Å². The second kappa shape index (κ2) is 9.77. The molecule has 0 N–H and O–H groups in total. The minimum atomic E-state index is -0.280. The van der Waals surface area contributed by atoms with Gasteiger partial charge in [0, 0.05) is 12.6 Å². The Hall–Kier alpha value is -3.81. The highest BCUT2D eigenvalue weighted by Gasteiger charge is 2.30. The summed E-state index contributed by atoms with van der Waals surface area (Å²) in [7, 11) is 3.20. The van der Waals surface area contributed by atoms with Crippen LogP contribution in [0.4, 0.5) is 0 Å². The van der Waals surface area contributed by atoms with Crippen LogP contribution >= 0.6 is 0 Å². The van der Waals surface area contributed by atoms with Crippen LogP contribution in [0.5, 0.6) is 17.2 Å². The van der Waals surface area contributed by atoms with Crippen molar-refractivity contribution in [2.75, 3.05) is 27.4 Å². The summed E-state index contributed by atoms with van der Waals surface area (Å²) in [6.45, 7) is 3.03. The zero-order chi connectivity index (χ0) is 23.4. The molecule has 2 heterocycles. The Morgan fingerprint density at radius 2 is 1.79 bits per heavy atom. The summed E-state index contributed by atoms with van der Waals surface area (Å²) in [4.78, 5) is 27.4. The van der Waals surface area contributed by atoms with Gasteiger partial charge in [-0.25, -0.2) is 4.68 Å². The van der Waals surface area contributed by atoms with Gasteiger partial charge < -0.3 is 19.1 Å². The van der Waals surface area contributed by atoms with E-state index in [1.54, 1.807) is 19.1 Å². The number of para-hydroxylation sites is 1. The standard InChI is InChI=1S/C25H27N3O5/c1-17-20-16-23(32-3)22(31-2)15-18(20)11-12-27(17)25(30)21-9-10-24(29)28(26-21)13-14-33-19-7-5-4-6-8-19/h4-10,15-17H,11-14H2,1-3H3/t17-/m0/s1. The molecule has 8 heteroatoms. The van der Waals surface area contributed by atoms with Crippen LogP contribution in [-0.2, 0) is 13.0 Å². The van der Waals surface area contributed by atoms with Crippen molar-refractivity contribution in [3.05, 3.63) is 81.8 Å². The highest BCUT2D eigenvalue weighted by molar-refractivity contribution is 5.92. The number of amides is 1. The van der Waals surface area contributed by atoms with E-state index in [4.69, 9.17) is 14.2 Å². The Kier molecular flexibility index (Phi) is 6.63. The van der Waals surface area contributed by atoms with Crippen LogP contribution < -0.4 is 19.8 Å². The van der Waals surface area contributed by atoms with E-state index in [0.717, 1.165) is 11.1 Å². The van der Waals surface area contributed by atoms with Crippen LogP contribution in [0.2, 0.25) is 0 Å². The number of fused-ring (bicyclic) bond motifs is 1. The molecule has 1 aliphatic rings. The zero-order valence-electron chi connectivity index (χ0n) is 19.0. The van der Waals surface area contributed by atoms with E-state index in [1.165, 1.54) is 16.8 Å². The minimum Gasteiger partial charge on any atom is -0.493 e. The zero-order valence-corrected chi connectivity index (χ0v) is 19.0. The van der Waals surface area contributed by atoms with Gasteiger partial charge >= 0.3 is 0 Å². The summed E-state index contributed by atoms with van der Waals surface area (Å²) >= 11 is 0. The van der Waals surface area contributed by atoms with Crippen molar-refractivity contribution in [2.45, 2.75) is 25.9 Å². The van der Waals surface area contributed by atoms with Gasteiger partial charge in [0.2, 0.25) is 0 Å². The van der Waals surface area contributed by atoms with E-state index in [0.29, 0.717) is 30.2 Å². The average Bonchev–Trinajstić information content (AvgIpc) is 2.85. The van der Waals surface area contributed by atoms with Crippen LogP contribution in [0.25, 0.3) is 0 Å². The lowest BCUT2D eigenvalue weighted by Gasteiger charge is -2.35. The van der Waals surface area contributed by atoms with Crippen LogP contribution in [0.1, 0.15) is 34.6 Å². The number of methoxy groups -OCH3 is 2. The quantitative estimate of drug-likeness (QED) is 0.551. The van der Waals surface area contributed by atoms with E-state index >= 15 is 0 Å². The van der Waals surface area contributed by atoms with Crippen molar-refractivity contribution < 1.29 is 19.0 Å². The Labute approximate surface area is 192 Å². The molecule has 2 aromatic carbocycles. The lowest BCUT2D eigenvalue weighted by Crippen LogP contribution is -2.40. The average molecular weight is 450 g/mol. The fourth-order valence-corrected chi connectivity index (χ4v) is 4.06. The first-order valence-electron chi connectivity index (χ1n) is 10.8. The summed E-state index contributed by atoms with van der Waals surface area (Å²) in [6.07, 6.45) is 0.691. The van der Waals surface area contributed by atoms with Crippen molar-refractivity contribution in [1.29, 1.82) is 0 Å². The fraction of sp³-hybridized carbons (Fsp3) is 0.320. The van der Waals surface area contributed by atoms with E-state index in [2.05, 4.69) is 5.10 Å². The Bertz CT molecular complexity index is 1190. The van der Waals surface area contributed by atoms with Gasteiger partial charge in [-0.15, -0.1) is 0 Å². The normalized spacial score (nSPS) is 15.0. The van der Waals surface area contributed by atoms with Gasteiger partial charge in [0.05, 0.1) is 26.8 Å². The van der Waals surface area contributed by atoms with Gasteiger partial charge in [0.1, 0.15) is 18.1 Å². The number of hydrogen-bond donors (Lipinski definition) is 0. The predicted octanol–water partition coefficient (Wildman–Crippen LogP) is 3.10. The first-order chi connectivity index (χ1) is 16.0. The number of hydrogen-bond acceptors (Lipinski definition) is 6. The highest BCUT2D eigenvalue weighted by Crippen LogP contribution is 2.38. The van der Waals surface area contributed by atoms with Gasteiger partial charge in [-0.2, -0.15) is 5.10 Å². The Balaban J connectivity index is 1.51. The van der Waals surface area contributed by atoms with Crippen LogP contribution in [-0.4, -0.2) is 48.0 Å². The summed E-state index contributed by atoms with van der Waals surface area (Å²) in [5.41, 5.74) is 2.08. The smallest absolute Gasteiger partial charge is 0.274 e. The SMILES string of the molecule is COc1cc2c(cc1OC)[C@H](C)N(C(=O)c1ccc(=O)n(CCOc3ccccc3)n1)CC2. The van der Waals surface area contributed by atoms with Crippen molar-refractivity contribution in [1.82, 2.24) is 14.7 Å². The number of carbonyl (C=O) groups is 1. The Morgan fingerprint density at radius 3 is 2.52 bits per heavy atom. The molecular formula is C25H27N3O5. The molecule has 172 valence electrons. The molecule has 1 amide bonds. The summed E-state index contributed by atoms with van der Waals surface area (Å²) in [6, 6.07) is 15.9. The highest BCUT2D eigenvalue weighted by atomic mass is 16.5. The van der Waals surface area contributed by atoms with E-state index in [1.807, 2.05) is 49.4 Å². The maximum atomic E-state index is 13.3. The maximum absolute atomic E-state index is 13.3. The Morgan fingerprint density at radius 1 is 1.06 bits per heavy atom. The molecule has 33 heavy (non-hydrogen) atoms. The second-order valence-corrected chi connectivity index (χ2v) is 7.77. The van der Waals surface area contributed by atoms with Crippen LogP contribution in [0.3, 0.4) is 0 Å². The van der Waals surface area contributed by atoms with Gasteiger partial charge in [-0.05, 0) is 54.8 Å². The molecule has 0 fully saturated rings. The van der Waals surface area contributed by atoms with E-state index in [-0.39, 0.29) is 36.4 Å². The van der Waals surface area contributed by atoms with Crippen molar-refractivity contribution >= 4 is 5.91 Å². The van der Waals surface area contributed by atoms with Crippen LogP contribution in [0.15, 0.2) is 59.4 Å². The van der Waals surface area contributed by atoms with Crippen molar-refractivity contribution in [3.63, 3.8) is 0 Å². The first-order valence-corrected chi connectivity index (χ1v) is 10.8. The number of ether oxygens (including phenoxy) is 3. The molecule has 0 bridgehead atoms. The number of aromatic nitrogens is 2. The topological polar surface area (TPSA) is 82.9 Å². The first kappa shape index (κ1) is 22.4. The van der Waals surface area contributed by atoms with Crippen molar-refractivity contribution in [2.24, 2.45) is 0 Å². The summed E-state index contributed by atoms with van der Waals surface area (Å²) < 4.78 is 17.8.